The second-order valence-electron chi connectivity index (χ2n) is 17.8. The fourth-order valence-electron chi connectivity index (χ4n) is 7.81. The second kappa shape index (κ2) is 29.0. The van der Waals surface area contributed by atoms with Crippen LogP contribution in [0, 0.1) is 5.92 Å². The van der Waals surface area contributed by atoms with Gasteiger partial charge in [0.05, 0.1) is 17.0 Å². The van der Waals surface area contributed by atoms with Crippen molar-refractivity contribution in [2.75, 3.05) is 75.5 Å². The molecule has 4 aromatic rings. The van der Waals surface area contributed by atoms with Gasteiger partial charge in [0.15, 0.2) is 10.1 Å². The van der Waals surface area contributed by atoms with Crippen LogP contribution in [0.5, 0.6) is 0 Å². The molecule has 7 nitrogen and oxygen atoms in total. The summed E-state index contributed by atoms with van der Waals surface area (Å²) in [5, 5.41) is 0. The van der Waals surface area contributed by atoms with Crippen LogP contribution in [-0.4, -0.2) is 74.4 Å². The molecular formula is C55H77F3N4O3S. The fourth-order valence-corrected chi connectivity index (χ4v) is 7.81. The van der Waals surface area contributed by atoms with Crippen LogP contribution in [0.2, 0.25) is 0 Å². The van der Waals surface area contributed by atoms with Crippen molar-refractivity contribution in [1.29, 1.82) is 0 Å². The normalized spacial score (nSPS) is 11.9. The van der Waals surface area contributed by atoms with Gasteiger partial charge in [0, 0.05) is 90.3 Å². The number of alkyl halides is 3. The van der Waals surface area contributed by atoms with Gasteiger partial charge in [-0.2, -0.15) is 13.2 Å². The van der Waals surface area contributed by atoms with Gasteiger partial charge >= 0.3 is 5.51 Å². The first-order chi connectivity index (χ1) is 31.4. The molecule has 4 rings (SSSR count). The Bertz CT molecular complexity index is 2060. The van der Waals surface area contributed by atoms with E-state index in [1.54, 1.807) is 0 Å². The van der Waals surface area contributed by atoms with Crippen molar-refractivity contribution >= 4 is 38.4 Å². The molecule has 0 heterocycles. The standard InChI is InChI=1S/C54H77N4.CHF3O3S/c1-9-10-11-12-13-14-15-16-17-18-19-20-21-22-23-26-44-58(8)54-31-25-24-28-53(54)52(47-36-42-50(43-37-47)57(6)7)30-27-29-51(45-32-38-48(39-33-45)55(2)3)46-34-40-49(41-35-46)56(4)5;2-1(3,4)8(5,6)7/h24-25,27-43H,9-23,26,44H2,1-8H3;(H,5,6,7)/q+1;/p-1. The Morgan fingerprint density at radius 1 is 0.561 bits per heavy atom. The minimum Gasteiger partial charge on any atom is -0.741 e. The molecule has 0 aliphatic carbocycles. The monoisotopic (exact) mass is 931 g/mol. The first-order valence-electron chi connectivity index (χ1n) is 23.9. The molecule has 0 saturated heterocycles. The van der Waals surface area contributed by atoms with E-state index in [1.165, 1.54) is 159 Å². The van der Waals surface area contributed by atoms with E-state index >= 15 is 0 Å². The smallest absolute Gasteiger partial charge is 0.485 e. The van der Waals surface area contributed by atoms with E-state index in [0.717, 1.165) is 6.54 Å². The Labute approximate surface area is 397 Å². The molecule has 0 saturated carbocycles. The van der Waals surface area contributed by atoms with Crippen molar-refractivity contribution in [3.63, 3.8) is 0 Å². The lowest BCUT2D eigenvalue weighted by atomic mass is 9.89. The SMILES string of the molecule is CCCCCCCCCCCCCCCCCCN(C)c1ccccc1C(=CC=C[C+](c1ccc(N(C)C)cc1)c1ccc(N(C)C)cc1)c1ccc(N(C)C)cc1.O=S(=O)([O-])C(F)(F)F. The van der Waals surface area contributed by atoms with Crippen LogP contribution >= 0.6 is 0 Å². The molecule has 11 heteroatoms. The summed E-state index contributed by atoms with van der Waals surface area (Å²) in [6, 6.07) is 35.7. The van der Waals surface area contributed by atoms with Crippen LogP contribution < -0.4 is 19.6 Å². The number of rotatable bonds is 27. The van der Waals surface area contributed by atoms with Crippen molar-refractivity contribution < 1.29 is 26.1 Å². The number of hydrogen-bond donors (Lipinski definition) is 0. The number of benzene rings is 4. The summed E-state index contributed by atoms with van der Waals surface area (Å²) in [5.41, 5.74) is 5.31. The second-order valence-corrected chi connectivity index (χ2v) is 19.2. The summed E-state index contributed by atoms with van der Waals surface area (Å²) in [4.78, 5) is 8.94. The largest absolute Gasteiger partial charge is 0.741 e. The maximum absolute atomic E-state index is 10.7. The van der Waals surface area contributed by atoms with E-state index < -0.39 is 15.6 Å². The lowest BCUT2D eigenvalue weighted by molar-refractivity contribution is -0.0517. The molecule has 0 aliphatic rings. The van der Waals surface area contributed by atoms with Crippen molar-refractivity contribution in [3.8, 4) is 0 Å². The summed E-state index contributed by atoms with van der Waals surface area (Å²) in [6.45, 7) is 3.36. The molecule has 0 aliphatic heterocycles. The number of halogens is 3. The van der Waals surface area contributed by atoms with Gasteiger partial charge in [-0.15, -0.1) is 0 Å². The first kappa shape index (κ1) is 55.5. The van der Waals surface area contributed by atoms with Gasteiger partial charge in [-0.05, 0) is 96.4 Å². The van der Waals surface area contributed by atoms with Crippen molar-refractivity contribution in [3.05, 3.63) is 143 Å². The number of nitrogens with zero attached hydrogens (tertiary/aromatic N) is 4. The van der Waals surface area contributed by atoms with E-state index in [9.17, 15) is 13.2 Å². The number of hydrogen-bond acceptors (Lipinski definition) is 7. The van der Waals surface area contributed by atoms with E-state index in [0.29, 0.717) is 0 Å². The first-order valence-corrected chi connectivity index (χ1v) is 25.3. The molecule has 0 bridgehead atoms. The molecular weight excluding hydrogens is 854 g/mol. The summed E-state index contributed by atoms with van der Waals surface area (Å²) in [6.07, 6.45) is 29.1. The molecule has 0 spiro atoms. The highest BCUT2D eigenvalue weighted by Gasteiger charge is 2.37. The number of allylic oxidation sites excluding steroid dienone is 3. The topological polar surface area (TPSA) is 70.2 Å². The molecule has 0 amide bonds. The lowest BCUT2D eigenvalue weighted by Crippen LogP contribution is -2.21. The van der Waals surface area contributed by atoms with Gasteiger partial charge < -0.3 is 24.2 Å². The summed E-state index contributed by atoms with van der Waals surface area (Å²) < 4.78 is 58.9. The molecule has 0 atom stereocenters. The highest BCUT2D eigenvalue weighted by atomic mass is 32.2. The summed E-state index contributed by atoms with van der Waals surface area (Å²) in [5.74, 6) is 1.20. The third kappa shape index (κ3) is 19.5. The fraction of sp³-hybridized carbons (Fsp3) is 0.473. The predicted octanol–water partition coefficient (Wildman–Crippen LogP) is 14.3. The molecule has 0 fully saturated rings. The zero-order valence-corrected chi connectivity index (χ0v) is 41.9. The van der Waals surface area contributed by atoms with Gasteiger partial charge in [0.2, 0.25) is 0 Å². The zero-order valence-electron chi connectivity index (χ0n) is 41.0. The highest BCUT2D eigenvalue weighted by molar-refractivity contribution is 7.86. The lowest BCUT2D eigenvalue weighted by Gasteiger charge is -2.24. The quantitative estimate of drug-likeness (QED) is 0.0194. The third-order valence-electron chi connectivity index (χ3n) is 11.8. The van der Waals surface area contributed by atoms with E-state index in [2.05, 4.69) is 191 Å². The summed E-state index contributed by atoms with van der Waals surface area (Å²) >= 11 is 0. The zero-order chi connectivity index (χ0) is 48.5. The van der Waals surface area contributed by atoms with Crippen LogP contribution in [-0.2, 0) is 10.1 Å². The molecule has 66 heavy (non-hydrogen) atoms. The van der Waals surface area contributed by atoms with Crippen LogP contribution in [0.4, 0.5) is 35.9 Å². The highest BCUT2D eigenvalue weighted by Crippen LogP contribution is 2.34. The maximum atomic E-state index is 10.7. The van der Waals surface area contributed by atoms with Gasteiger partial charge in [-0.25, -0.2) is 8.42 Å². The number of para-hydroxylation sites is 1. The third-order valence-corrected chi connectivity index (χ3v) is 12.4. The van der Waals surface area contributed by atoms with Crippen molar-refractivity contribution in [2.24, 2.45) is 0 Å². The molecule has 0 radical (unpaired) electrons. The Balaban J connectivity index is 0.00000132. The van der Waals surface area contributed by atoms with Crippen LogP contribution in [0.3, 0.4) is 0 Å². The average molecular weight is 931 g/mol. The van der Waals surface area contributed by atoms with E-state index in [4.69, 9.17) is 13.0 Å². The minimum atomic E-state index is -6.09. The Kier molecular flexibility index (Phi) is 24.4. The number of anilines is 4. The van der Waals surface area contributed by atoms with Crippen LogP contribution in [0.25, 0.3) is 5.57 Å². The summed E-state index contributed by atoms with van der Waals surface area (Å²) in [7, 11) is 8.75. The molecule has 0 unspecified atom stereocenters. The van der Waals surface area contributed by atoms with Crippen molar-refractivity contribution in [1.82, 2.24) is 0 Å². The van der Waals surface area contributed by atoms with Gasteiger partial charge in [0.25, 0.3) is 0 Å². The van der Waals surface area contributed by atoms with Gasteiger partial charge in [-0.1, -0.05) is 134 Å². The molecule has 0 N–H and O–H groups in total. The molecule has 4 aromatic carbocycles. The Hall–Kier alpha value is -4.87. The van der Waals surface area contributed by atoms with Gasteiger partial charge in [0.1, 0.15) is 0 Å². The van der Waals surface area contributed by atoms with Crippen LogP contribution in [0.1, 0.15) is 132 Å². The van der Waals surface area contributed by atoms with Gasteiger partial charge in [-0.3, -0.25) is 0 Å². The number of unbranched alkanes of at least 4 members (excludes halogenated alkanes) is 15. The average Bonchev–Trinajstić information content (AvgIpc) is 3.28. The minimum absolute atomic E-state index is 1.06. The van der Waals surface area contributed by atoms with Crippen LogP contribution in [0.15, 0.2) is 115 Å². The van der Waals surface area contributed by atoms with E-state index in [1.807, 2.05) is 0 Å². The molecule has 362 valence electrons. The predicted molar refractivity (Wildman–Crippen MR) is 275 cm³/mol. The van der Waals surface area contributed by atoms with Crippen molar-refractivity contribution in [2.45, 2.75) is 115 Å². The Morgan fingerprint density at radius 2 is 0.924 bits per heavy atom. The maximum Gasteiger partial charge on any atom is 0.485 e. The molecule has 0 aromatic heterocycles. The Morgan fingerprint density at radius 3 is 1.30 bits per heavy atom. The van der Waals surface area contributed by atoms with E-state index in [-0.39, 0.29) is 0 Å².